The summed E-state index contributed by atoms with van der Waals surface area (Å²) in [6.07, 6.45) is -0.157. The number of piperidine rings is 1. The number of alkyl halides is 3. The van der Waals surface area contributed by atoms with Gasteiger partial charge in [-0.2, -0.15) is 13.2 Å². The van der Waals surface area contributed by atoms with Gasteiger partial charge in [0, 0.05) is 25.3 Å². The average Bonchev–Trinajstić information content (AvgIpc) is 2.86. The summed E-state index contributed by atoms with van der Waals surface area (Å²) < 4.78 is 84.9. The third-order valence-corrected chi connectivity index (χ3v) is 7.45. The molecular weight excluding hydrogens is 524 g/mol. The quantitative estimate of drug-likeness (QED) is 0.363. The van der Waals surface area contributed by atoms with Crippen molar-refractivity contribution in [3.8, 4) is 11.3 Å². The number of anilines is 2. The number of nitrogens with zero attached hydrogens (tertiary/aromatic N) is 3. The molecule has 2 aliphatic rings. The fourth-order valence-electron chi connectivity index (χ4n) is 5.18. The van der Waals surface area contributed by atoms with E-state index in [4.69, 9.17) is 5.73 Å². The van der Waals surface area contributed by atoms with E-state index in [2.05, 4.69) is 15.3 Å². The van der Waals surface area contributed by atoms with E-state index in [0.29, 0.717) is 24.2 Å². The van der Waals surface area contributed by atoms with Gasteiger partial charge in [0.05, 0.1) is 46.9 Å². The Hall–Kier alpha value is -3.38. The first-order chi connectivity index (χ1) is 18.4. The van der Waals surface area contributed by atoms with Crippen molar-refractivity contribution in [1.82, 2.24) is 9.97 Å². The van der Waals surface area contributed by atoms with Gasteiger partial charge in [0.2, 0.25) is 0 Å². The summed E-state index contributed by atoms with van der Waals surface area (Å²) in [7, 11) is 0. The number of hydrogen-bond acceptors (Lipinski definition) is 6. The van der Waals surface area contributed by atoms with Crippen molar-refractivity contribution >= 4 is 11.4 Å². The summed E-state index contributed by atoms with van der Waals surface area (Å²) in [6, 6.07) is 5.27. The SMILES string of the molecule is NC1CC(C(F)(F)F)CN(c2ccncc2NCc2ccc(F)c(-c3c(F)cc(C4(O)CCC4)cc3F)n2)C1. The number of halogens is 6. The maximum Gasteiger partial charge on any atom is 0.393 e. The van der Waals surface area contributed by atoms with Crippen LogP contribution in [-0.4, -0.2) is 40.4 Å². The first kappa shape index (κ1) is 27.2. The highest BCUT2D eigenvalue weighted by Crippen LogP contribution is 2.43. The smallest absolute Gasteiger partial charge is 0.385 e. The molecule has 1 aliphatic heterocycles. The maximum atomic E-state index is 15.0. The molecule has 2 atom stereocenters. The Morgan fingerprint density at radius 1 is 1.05 bits per heavy atom. The van der Waals surface area contributed by atoms with Crippen LogP contribution in [0.1, 0.15) is 36.9 Å². The molecule has 2 unspecified atom stereocenters. The van der Waals surface area contributed by atoms with Gasteiger partial charge >= 0.3 is 6.18 Å². The molecule has 6 nitrogen and oxygen atoms in total. The second-order valence-corrected chi connectivity index (χ2v) is 10.2. The van der Waals surface area contributed by atoms with E-state index >= 15 is 0 Å². The van der Waals surface area contributed by atoms with Crippen LogP contribution in [0.15, 0.2) is 42.7 Å². The van der Waals surface area contributed by atoms with E-state index in [9.17, 15) is 31.4 Å². The maximum absolute atomic E-state index is 15.0. The van der Waals surface area contributed by atoms with E-state index in [1.165, 1.54) is 18.5 Å². The molecule has 0 radical (unpaired) electrons. The lowest BCUT2D eigenvalue weighted by Gasteiger charge is -2.39. The highest BCUT2D eigenvalue weighted by Gasteiger charge is 2.44. The molecule has 39 heavy (non-hydrogen) atoms. The normalized spacial score (nSPS) is 21.0. The minimum Gasteiger partial charge on any atom is -0.385 e. The van der Waals surface area contributed by atoms with Crippen LogP contribution in [-0.2, 0) is 12.1 Å². The minimum absolute atomic E-state index is 0.0321. The molecule has 12 heteroatoms. The number of nitrogens with one attached hydrogen (secondary N) is 1. The van der Waals surface area contributed by atoms with Gasteiger partial charge in [0.1, 0.15) is 23.1 Å². The van der Waals surface area contributed by atoms with Gasteiger partial charge in [-0.05, 0) is 61.6 Å². The van der Waals surface area contributed by atoms with Crippen LogP contribution < -0.4 is 16.0 Å². The Bertz CT molecular complexity index is 1340. The molecule has 2 aromatic heterocycles. The molecule has 4 N–H and O–H groups in total. The first-order valence-electron chi connectivity index (χ1n) is 12.6. The molecule has 2 fully saturated rings. The monoisotopic (exact) mass is 551 g/mol. The molecule has 1 aromatic carbocycles. The van der Waals surface area contributed by atoms with Crippen LogP contribution in [0.3, 0.4) is 0 Å². The Balaban J connectivity index is 1.38. The molecule has 0 spiro atoms. The van der Waals surface area contributed by atoms with Crippen molar-refractivity contribution in [1.29, 1.82) is 0 Å². The summed E-state index contributed by atoms with van der Waals surface area (Å²) in [5.41, 5.74) is 4.63. The van der Waals surface area contributed by atoms with E-state index in [-0.39, 0.29) is 37.3 Å². The van der Waals surface area contributed by atoms with Crippen LogP contribution in [0, 0.1) is 23.4 Å². The molecule has 1 saturated heterocycles. The lowest BCUT2D eigenvalue weighted by atomic mass is 9.75. The number of hydrogen-bond donors (Lipinski definition) is 3. The van der Waals surface area contributed by atoms with Gasteiger partial charge in [-0.1, -0.05) is 0 Å². The fourth-order valence-corrected chi connectivity index (χ4v) is 5.18. The number of pyridine rings is 2. The molecule has 1 aliphatic carbocycles. The van der Waals surface area contributed by atoms with E-state index in [0.717, 1.165) is 24.6 Å². The molecule has 3 aromatic rings. The summed E-state index contributed by atoms with van der Waals surface area (Å²) in [4.78, 5) is 9.70. The van der Waals surface area contributed by atoms with E-state index < -0.39 is 52.4 Å². The van der Waals surface area contributed by atoms with Crippen molar-refractivity contribution in [2.45, 2.75) is 50.0 Å². The molecule has 1 saturated carbocycles. The summed E-state index contributed by atoms with van der Waals surface area (Å²) >= 11 is 0. The zero-order valence-corrected chi connectivity index (χ0v) is 20.8. The van der Waals surface area contributed by atoms with Gasteiger partial charge in [-0.15, -0.1) is 0 Å². The highest BCUT2D eigenvalue weighted by atomic mass is 19.4. The predicted molar refractivity (Wildman–Crippen MR) is 133 cm³/mol. The first-order valence-corrected chi connectivity index (χ1v) is 12.6. The standard InChI is InChI=1S/C27H27F6N5O/c28-19-3-2-18(37-25(19)24-20(29)9-15(10-21(24)30)26(39)5-1-6-26)11-36-22-12-35-7-4-23(22)38-13-16(27(31,32)33)8-17(34)14-38/h2-4,7,9-10,12,16-17,36,39H,1,5-6,8,11,13-14,34H2. The van der Waals surface area contributed by atoms with Crippen LogP contribution >= 0.6 is 0 Å². The van der Waals surface area contributed by atoms with Crippen molar-refractivity contribution in [3.63, 3.8) is 0 Å². The second kappa shape index (κ2) is 10.3. The third-order valence-electron chi connectivity index (χ3n) is 7.45. The number of nitrogens with two attached hydrogens (primary N) is 1. The summed E-state index contributed by atoms with van der Waals surface area (Å²) in [6.45, 7) is -0.0813. The van der Waals surface area contributed by atoms with Gasteiger partial charge < -0.3 is 21.1 Å². The number of benzene rings is 1. The predicted octanol–water partition coefficient (Wildman–Crippen LogP) is 5.26. The number of aromatic nitrogens is 2. The lowest BCUT2D eigenvalue weighted by Crippen LogP contribution is -2.51. The molecular formula is C27H27F6N5O. The second-order valence-electron chi connectivity index (χ2n) is 10.2. The molecule has 5 rings (SSSR count). The topological polar surface area (TPSA) is 87.3 Å². The number of aliphatic hydroxyl groups is 1. The minimum atomic E-state index is -4.39. The zero-order chi connectivity index (χ0) is 27.9. The van der Waals surface area contributed by atoms with Crippen LogP contribution in [0.4, 0.5) is 37.7 Å². The van der Waals surface area contributed by atoms with Crippen molar-refractivity contribution < 1.29 is 31.4 Å². The Morgan fingerprint density at radius 2 is 1.77 bits per heavy atom. The van der Waals surface area contributed by atoms with Crippen molar-refractivity contribution in [2.24, 2.45) is 11.7 Å². The summed E-state index contributed by atoms with van der Waals surface area (Å²) in [5.74, 6) is -4.60. The molecule has 0 amide bonds. The van der Waals surface area contributed by atoms with Gasteiger partial charge in [0.25, 0.3) is 0 Å². The highest BCUT2D eigenvalue weighted by molar-refractivity contribution is 5.69. The van der Waals surface area contributed by atoms with Gasteiger partial charge in [-0.3, -0.25) is 4.98 Å². The van der Waals surface area contributed by atoms with Crippen LogP contribution in [0.2, 0.25) is 0 Å². The van der Waals surface area contributed by atoms with Gasteiger partial charge in [-0.25, -0.2) is 18.2 Å². The zero-order valence-electron chi connectivity index (χ0n) is 20.8. The fraction of sp³-hybridized carbons (Fsp3) is 0.407. The molecule has 3 heterocycles. The third kappa shape index (κ3) is 5.53. The van der Waals surface area contributed by atoms with Gasteiger partial charge in [0.15, 0.2) is 0 Å². The molecule has 208 valence electrons. The lowest BCUT2D eigenvalue weighted by molar-refractivity contribution is -0.177. The number of rotatable bonds is 6. The van der Waals surface area contributed by atoms with Crippen LogP contribution in [0.5, 0.6) is 0 Å². The average molecular weight is 552 g/mol. The van der Waals surface area contributed by atoms with Crippen molar-refractivity contribution in [2.75, 3.05) is 23.3 Å². The molecule has 0 bridgehead atoms. The Labute approximate surface area is 220 Å². The summed E-state index contributed by atoms with van der Waals surface area (Å²) in [5, 5.41) is 13.5. The van der Waals surface area contributed by atoms with Crippen molar-refractivity contribution in [3.05, 3.63) is 71.4 Å². The van der Waals surface area contributed by atoms with Crippen LogP contribution in [0.25, 0.3) is 11.3 Å². The van der Waals surface area contributed by atoms with E-state index in [1.54, 1.807) is 11.0 Å². The largest absolute Gasteiger partial charge is 0.393 e. The van der Waals surface area contributed by atoms with E-state index in [1.807, 2.05) is 0 Å². The Morgan fingerprint density at radius 3 is 2.41 bits per heavy atom. The Kier molecular flexibility index (Phi) is 7.19.